The lowest BCUT2D eigenvalue weighted by Crippen LogP contribution is -2.46. The van der Waals surface area contributed by atoms with Crippen LogP contribution in [0.5, 0.6) is 0 Å². The van der Waals surface area contributed by atoms with E-state index in [9.17, 15) is 0 Å². The van der Waals surface area contributed by atoms with Crippen LogP contribution in [0.3, 0.4) is 0 Å². The average molecular weight is 465 g/mol. The van der Waals surface area contributed by atoms with Gasteiger partial charge in [0.25, 0.3) is 0 Å². The molecule has 2 N–H and O–H groups in total. The molecule has 6 nitrogen and oxygen atoms in total. The van der Waals surface area contributed by atoms with Gasteiger partial charge in [-0.05, 0) is 26.9 Å². The Bertz CT molecular complexity index is 506. The molecule has 146 valence electrons. The third-order valence-electron chi connectivity index (χ3n) is 4.01. The van der Waals surface area contributed by atoms with Crippen LogP contribution in [-0.4, -0.2) is 48.1 Å². The minimum absolute atomic E-state index is 0. The van der Waals surface area contributed by atoms with Gasteiger partial charge in [0.05, 0.1) is 6.20 Å². The normalized spacial score (nSPS) is 13.5. The first kappa shape index (κ1) is 24.2. The maximum Gasteiger partial charge on any atom is 0.216 e. The Morgan fingerprint density at radius 1 is 1.24 bits per heavy atom. The monoisotopic (exact) mass is 465 g/mol. The summed E-state index contributed by atoms with van der Waals surface area (Å²) < 4.78 is 5.79. The molecule has 1 unspecified atom stereocenters. The number of likely N-dealkylation sites (N-methyl/N-ethyl adjacent to an activating group) is 1. The zero-order chi connectivity index (χ0) is 18.2. The summed E-state index contributed by atoms with van der Waals surface area (Å²) in [5.41, 5.74) is -0.0308. The number of aromatic nitrogens is 1. The topological polar surface area (TPSA) is 65.7 Å². The first-order valence-corrected chi connectivity index (χ1v) is 9.03. The van der Waals surface area contributed by atoms with Gasteiger partial charge in [-0.3, -0.25) is 4.90 Å². The molecule has 0 spiro atoms. The summed E-state index contributed by atoms with van der Waals surface area (Å²) in [4.78, 5) is 11.3. The molecule has 1 rings (SSSR count). The summed E-state index contributed by atoms with van der Waals surface area (Å²) >= 11 is 0. The van der Waals surface area contributed by atoms with Crippen LogP contribution in [0.1, 0.15) is 60.1 Å². The van der Waals surface area contributed by atoms with E-state index in [0.717, 1.165) is 37.9 Å². The van der Waals surface area contributed by atoms with Crippen LogP contribution in [0.25, 0.3) is 0 Å². The molecular weight excluding hydrogens is 429 g/mol. The maximum atomic E-state index is 5.79. The van der Waals surface area contributed by atoms with Crippen molar-refractivity contribution in [1.82, 2.24) is 20.5 Å². The number of nitrogens with one attached hydrogen (secondary N) is 2. The highest BCUT2D eigenvalue weighted by molar-refractivity contribution is 14.0. The van der Waals surface area contributed by atoms with E-state index in [0.29, 0.717) is 18.5 Å². The molecule has 0 saturated heterocycles. The highest BCUT2D eigenvalue weighted by Gasteiger charge is 2.19. The highest BCUT2D eigenvalue weighted by Crippen LogP contribution is 2.22. The van der Waals surface area contributed by atoms with Crippen molar-refractivity contribution >= 4 is 29.9 Å². The Balaban J connectivity index is 0.00000576. The average Bonchev–Trinajstić information content (AvgIpc) is 3.00. The fourth-order valence-electron chi connectivity index (χ4n) is 2.44. The predicted octanol–water partition coefficient (Wildman–Crippen LogP) is 3.38. The number of aliphatic imine (C=N–C) groups is 1. The second-order valence-electron chi connectivity index (χ2n) is 7.01. The zero-order valence-corrected chi connectivity index (χ0v) is 19.2. The predicted molar refractivity (Wildman–Crippen MR) is 116 cm³/mol. The van der Waals surface area contributed by atoms with E-state index in [1.807, 2.05) is 0 Å². The van der Waals surface area contributed by atoms with Gasteiger partial charge < -0.3 is 15.1 Å². The van der Waals surface area contributed by atoms with Crippen LogP contribution >= 0.6 is 24.0 Å². The van der Waals surface area contributed by atoms with Crippen molar-refractivity contribution in [2.24, 2.45) is 4.99 Å². The molecule has 0 bridgehead atoms. The molecule has 0 aliphatic heterocycles. The third kappa shape index (κ3) is 8.40. The fourth-order valence-corrected chi connectivity index (χ4v) is 2.44. The summed E-state index contributed by atoms with van der Waals surface area (Å²) in [6.07, 6.45) is 1.80. The minimum atomic E-state index is -0.0308. The summed E-state index contributed by atoms with van der Waals surface area (Å²) in [5, 5.41) is 6.68. The van der Waals surface area contributed by atoms with E-state index in [4.69, 9.17) is 4.42 Å². The molecule has 1 aromatic heterocycles. The smallest absolute Gasteiger partial charge is 0.216 e. The van der Waals surface area contributed by atoms with E-state index >= 15 is 0 Å². The lowest BCUT2D eigenvalue weighted by atomic mass is 9.94. The Kier molecular flexibility index (Phi) is 11.3. The van der Waals surface area contributed by atoms with Gasteiger partial charge >= 0.3 is 0 Å². The van der Waals surface area contributed by atoms with E-state index in [2.05, 4.69) is 74.0 Å². The standard InChI is InChI=1S/C18H35N5O.HI/c1-8-19-17(21-11-14(4)23(9-2)10-3)22-13-16-20-12-15(24-16)18(5,6)7;/h12,14H,8-11,13H2,1-7H3,(H2,19,21,22);1H. The van der Waals surface area contributed by atoms with Crippen molar-refractivity contribution in [3.8, 4) is 0 Å². The molecule has 0 radical (unpaired) electrons. The number of oxazole rings is 1. The van der Waals surface area contributed by atoms with Gasteiger partial charge in [-0.15, -0.1) is 24.0 Å². The van der Waals surface area contributed by atoms with Crippen LogP contribution in [0.4, 0.5) is 0 Å². The first-order chi connectivity index (χ1) is 11.3. The van der Waals surface area contributed by atoms with Crippen LogP contribution in [0, 0.1) is 0 Å². The van der Waals surface area contributed by atoms with Gasteiger partial charge in [-0.25, -0.2) is 9.98 Å². The molecule has 25 heavy (non-hydrogen) atoms. The van der Waals surface area contributed by atoms with Gasteiger partial charge in [0.1, 0.15) is 12.3 Å². The number of hydrogen-bond acceptors (Lipinski definition) is 4. The Hall–Kier alpha value is -0.830. The minimum Gasteiger partial charge on any atom is -0.443 e. The Morgan fingerprint density at radius 2 is 1.88 bits per heavy atom. The summed E-state index contributed by atoms with van der Waals surface area (Å²) in [5.74, 6) is 2.33. The second kappa shape index (κ2) is 11.7. The van der Waals surface area contributed by atoms with Crippen LogP contribution in [0.15, 0.2) is 15.6 Å². The summed E-state index contributed by atoms with van der Waals surface area (Å²) in [6.45, 7) is 19.2. The number of nitrogens with zero attached hydrogens (tertiary/aromatic N) is 3. The van der Waals surface area contributed by atoms with Crippen LogP contribution in [-0.2, 0) is 12.0 Å². The molecule has 0 saturated carbocycles. The van der Waals surface area contributed by atoms with Gasteiger partial charge in [0.15, 0.2) is 5.96 Å². The quantitative estimate of drug-likeness (QED) is 0.350. The molecule has 1 heterocycles. The lowest BCUT2D eigenvalue weighted by molar-refractivity contribution is 0.231. The second-order valence-corrected chi connectivity index (χ2v) is 7.01. The van der Waals surface area contributed by atoms with Gasteiger partial charge in [-0.1, -0.05) is 34.6 Å². The number of hydrogen-bond donors (Lipinski definition) is 2. The largest absolute Gasteiger partial charge is 0.443 e. The van der Waals surface area contributed by atoms with E-state index in [1.165, 1.54) is 0 Å². The molecular formula is C18H36IN5O. The van der Waals surface area contributed by atoms with Crippen molar-refractivity contribution in [2.45, 2.75) is 66.5 Å². The van der Waals surface area contributed by atoms with Gasteiger partial charge in [0, 0.05) is 24.5 Å². The van der Waals surface area contributed by atoms with E-state index < -0.39 is 0 Å². The first-order valence-electron chi connectivity index (χ1n) is 9.03. The summed E-state index contributed by atoms with van der Waals surface area (Å²) in [7, 11) is 0. The third-order valence-corrected chi connectivity index (χ3v) is 4.01. The molecule has 1 aromatic rings. The Labute approximate surface area is 170 Å². The molecule has 0 aliphatic rings. The molecule has 0 aliphatic carbocycles. The van der Waals surface area contributed by atoms with Crippen molar-refractivity contribution in [3.05, 3.63) is 17.8 Å². The molecule has 0 amide bonds. The molecule has 1 atom stereocenters. The lowest BCUT2D eigenvalue weighted by Gasteiger charge is -2.27. The number of halogens is 1. The van der Waals surface area contributed by atoms with Crippen LogP contribution < -0.4 is 10.6 Å². The number of guanidine groups is 1. The van der Waals surface area contributed by atoms with Crippen molar-refractivity contribution in [1.29, 1.82) is 0 Å². The van der Waals surface area contributed by atoms with Crippen LogP contribution in [0.2, 0.25) is 0 Å². The van der Waals surface area contributed by atoms with Crippen molar-refractivity contribution in [2.75, 3.05) is 26.2 Å². The Morgan fingerprint density at radius 3 is 2.36 bits per heavy atom. The summed E-state index contributed by atoms with van der Waals surface area (Å²) in [6, 6.07) is 0.457. The number of rotatable bonds is 8. The SMILES string of the molecule is CCNC(=NCc1ncc(C(C)(C)C)o1)NCC(C)N(CC)CC.I. The zero-order valence-electron chi connectivity index (χ0n) is 16.8. The van der Waals surface area contributed by atoms with Crippen molar-refractivity contribution in [3.63, 3.8) is 0 Å². The maximum absolute atomic E-state index is 5.79. The van der Waals surface area contributed by atoms with Crippen molar-refractivity contribution < 1.29 is 4.42 Å². The molecule has 0 aromatic carbocycles. The van der Waals surface area contributed by atoms with Gasteiger partial charge in [0.2, 0.25) is 5.89 Å². The van der Waals surface area contributed by atoms with E-state index in [1.54, 1.807) is 6.20 Å². The van der Waals surface area contributed by atoms with E-state index in [-0.39, 0.29) is 29.4 Å². The molecule has 0 fully saturated rings. The van der Waals surface area contributed by atoms with Gasteiger partial charge in [-0.2, -0.15) is 0 Å². The highest BCUT2D eigenvalue weighted by atomic mass is 127. The fraction of sp³-hybridized carbons (Fsp3) is 0.778. The molecule has 7 heteroatoms.